The number of rotatable bonds is 3. The molecule has 0 bridgehead atoms. The first kappa shape index (κ1) is 12.3. The van der Waals surface area contributed by atoms with Crippen LogP contribution >= 0.6 is 11.3 Å². The van der Waals surface area contributed by atoms with Crippen LogP contribution in [0, 0.1) is 0 Å². The van der Waals surface area contributed by atoms with Crippen molar-refractivity contribution in [3.63, 3.8) is 0 Å². The highest BCUT2D eigenvalue weighted by molar-refractivity contribution is 7.11. The van der Waals surface area contributed by atoms with Gasteiger partial charge >= 0.3 is 0 Å². The van der Waals surface area contributed by atoms with E-state index in [1.807, 2.05) is 6.92 Å². The highest BCUT2D eigenvalue weighted by Gasteiger charge is 2.20. The molecule has 2 heterocycles. The van der Waals surface area contributed by atoms with Crippen molar-refractivity contribution in [1.82, 2.24) is 20.5 Å². The van der Waals surface area contributed by atoms with Crippen molar-refractivity contribution < 1.29 is 4.79 Å². The third-order valence-electron chi connectivity index (χ3n) is 3.34. The lowest BCUT2D eigenvalue weighted by atomic mass is 10.0. The molecule has 0 unspecified atom stereocenters. The monoisotopic (exact) mass is 276 g/mol. The second-order valence-electron chi connectivity index (χ2n) is 4.81. The Morgan fingerprint density at radius 1 is 1.47 bits per heavy atom. The summed E-state index contributed by atoms with van der Waals surface area (Å²) in [7, 11) is 0. The van der Waals surface area contributed by atoms with E-state index in [1.165, 1.54) is 29.6 Å². The molecule has 0 aromatic carbocycles. The average Bonchev–Trinajstić information content (AvgIpc) is 3.07. The van der Waals surface area contributed by atoms with Crippen molar-refractivity contribution in [2.75, 3.05) is 0 Å². The fourth-order valence-electron chi connectivity index (χ4n) is 2.27. The lowest BCUT2D eigenvalue weighted by Crippen LogP contribution is -2.26. The minimum Gasteiger partial charge on any atom is -0.343 e. The molecule has 0 aliphatic heterocycles. The normalized spacial score (nSPS) is 15.8. The van der Waals surface area contributed by atoms with Crippen molar-refractivity contribution in [3.05, 3.63) is 33.5 Å². The molecule has 1 aliphatic carbocycles. The van der Waals surface area contributed by atoms with Gasteiger partial charge in [-0.05, 0) is 32.6 Å². The van der Waals surface area contributed by atoms with Crippen LogP contribution in [-0.4, -0.2) is 21.1 Å². The summed E-state index contributed by atoms with van der Waals surface area (Å²) in [5.74, 6) is -0.116. The molecule has 6 heteroatoms. The molecule has 1 aliphatic rings. The standard InChI is InChI=1S/C13H16N4OS/c1-8(16-12(18)9-6-14-15-7-9)13-17-10-4-2-3-5-11(10)19-13/h6-8H,2-5H2,1H3,(H,14,15)(H,16,18)/t8-/m1/s1. The largest absolute Gasteiger partial charge is 0.343 e. The summed E-state index contributed by atoms with van der Waals surface area (Å²) in [6, 6.07) is -0.0574. The van der Waals surface area contributed by atoms with Crippen LogP contribution in [0.15, 0.2) is 12.4 Å². The van der Waals surface area contributed by atoms with Crippen LogP contribution in [0.5, 0.6) is 0 Å². The number of carbonyl (C=O) groups excluding carboxylic acids is 1. The fourth-order valence-corrected chi connectivity index (χ4v) is 3.43. The van der Waals surface area contributed by atoms with Crippen LogP contribution in [-0.2, 0) is 12.8 Å². The summed E-state index contributed by atoms with van der Waals surface area (Å²) in [6.07, 6.45) is 7.81. The topological polar surface area (TPSA) is 70.7 Å². The summed E-state index contributed by atoms with van der Waals surface area (Å²) in [4.78, 5) is 18.0. The number of thiazole rings is 1. The number of fused-ring (bicyclic) bond motifs is 1. The summed E-state index contributed by atoms with van der Waals surface area (Å²) < 4.78 is 0. The molecular weight excluding hydrogens is 260 g/mol. The lowest BCUT2D eigenvalue weighted by Gasteiger charge is -2.09. The van der Waals surface area contributed by atoms with Gasteiger partial charge in [0.25, 0.3) is 5.91 Å². The predicted molar refractivity (Wildman–Crippen MR) is 73.2 cm³/mol. The fraction of sp³-hybridized carbons (Fsp3) is 0.462. The number of nitrogens with one attached hydrogen (secondary N) is 2. The molecule has 2 aromatic rings. The van der Waals surface area contributed by atoms with E-state index >= 15 is 0 Å². The molecule has 2 N–H and O–H groups in total. The van der Waals surface area contributed by atoms with Crippen molar-refractivity contribution in [1.29, 1.82) is 0 Å². The summed E-state index contributed by atoms with van der Waals surface area (Å²) in [5, 5.41) is 10.4. The molecular formula is C13H16N4OS. The van der Waals surface area contributed by atoms with Gasteiger partial charge in [0, 0.05) is 11.1 Å². The van der Waals surface area contributed by atoms with Gasteiger partial charge < -0.3 is 5.32 Å². The van der Waals surface area contributed by atoms with E-state index in [-0.39, 0.29) is 11.9 Å². The highest BCUT2D eigenvalue weighted by atomic mass is 32.1. The van der Waals surface area contributed by atoms with Crippen LogP contribution in [0.4, 0.5) is 0 Å². The molecule has 0 fully saturated rings. The number of carbonyl (C=O) groups is 1. The van der Waals surface area contributed by atoms with Crippen molar-refractivity contribution in [2.45, 2.75) is 38.6 Å². The van der Waals surface area contributed by atoms with Crippen LogP contribution in [0.25, 0.3) is 0 Å². The zero-order chi connectivity index (χ0) is 13.2. The first-order chi connectivity index (χ1) is 9.24. The second kappa shape index (κ2) is 5.13. The Hall–Kier alpha value is -1.69. The Bertz CT molecular complexity index is 552. The van der Waals surface area contributed by atoms with Gasteiger partial charge in [-0.2, -0.15) is 5.10 Å². The summed E-state index contributed by atoms with van der Waals surface area (Å²) in [5.41, 5.74) is 1.78. The Morgan fingerprint density at radius 2 is 2.32 bits per heavy atom. The molecule has 0 radical (unpaired) electrons. The Balaban J connectivity index is 1.71. The van der Waals surface area contributed by atoms with E-state index < -0.39 is 0 Å². The SMILES string of the molecule is C[C@@H](NC(=O)c1cn[nH]c1)c1nc2c(s1)CCCC2. The smallest absolute Gasteiger partial charge is 0.255 e. The van der Waals surface area contributed by atoms with Crippen LogP contribution < -0.4 is 5.32 Å². The van der Waals surface area contributed by atoms with Gasteiger partial charge in [-0.25, -0.2) is 4.98 Å². The van der Waals surface area contributed by atoms with Crippen molar-refractivity contribution >= 4 is 17.2 Å². The molecule has 1 atom stereocenters. The minimum atomic E-state index is -0.116. The van der Waals surface area contributed by atoms with Crippen LogP contribution in [0.2, 0.25) is 0 Å². The number of aromatic nitrogens is 3. The van der Waals surface area contributed by atoms with Gasteiger partial charge in [0.15, 0.2) is 0 Å². The van der Waals surface area contributed by atoms with Crippen LogP contribution in [0.1, 0.15) is 51.7 Å². The van der Waals surface area contributed by atoms with E-state index in [9.17, 15) is 4.79 Å². The van der Waals surface area contributed by atoms with E-state index in [4.69, 9.17) is 0 Å². The third-order valence-corrected chi connectivity index (χ3v) is 4.68. The van der Waals surface area contributed by atoms with Crippen molar-refractivity contribution in [2.24, 2.45) is 0 Å². The predicted octanol–water partition coefficient (Wildman–Crippen LogP) is 2.24. The van der Waals surface area contributed by atoms with E-state index in [0.29, 0.717) is 5.56 Å². The Morgan fingerprint density at radius 3 is 3.05 bits per heavy atom. The van der Waals surface area contributed by atoms with Gasteiger partial charge in [0.05, 0.1) is 23.5 Å². The molecule has 1 amide bonds. The number of aryl methyl sites for hydroxylation is 2. The van der Waals surface area contributed by atoms with E-state index in [0.717, 1.165) is 17.8 Å². The molecule has 3 rings (SSSR count). The number of hydrogen-bond donors (Lipinski definition) is 2. The first-order valence-electron chi connectivity index (χ1n) is 6.52. The van der Waals surface area contributed by atoms with Crippen LogP contribution in [0.3, 0.4) is 0 Å². The lowest BCUT2D eigenvalue weighted by molar-refractivity contribution is 0.0940. The molecule has 19 heavy (non-hydrogen) atoms. The molecule has 0 saturated heterocycles. The maximum Gasteiger partial charge on any atom is 0.255 e. The maximum atomic E-state index is 11.9. The Labute approximate surface area is 115 Å². The minimum absolute atomic E-state index is 0.0574. The van der Waals surface area contributed by atoms with Gasteiger partial charge in [-0.3, -0.25) is 9.89 Å². The second-order valence-corrected chi connectivity index (χ2v) is 5.93. The number of hydrogen-bond acceptors (Lipinski definition) is 4. The highest BCUT2D eigenvalue weighted by Crippen LogP contribution is 2.29. The number of aromatic amines is 1. The van der Waals surface area contributed by atoms with Gasteiger partial charge in [0.2, 0.25) is 0 Å². The quantitative estimate of drug-likeness (QED) is 0.903. The Kier molecular flexibility index (Phi) is 3.33. The van der Waals surface area contributed by atoms with Gasteiger partial charge in [0.1, 0.15) is 5.01 Å². The number of H-pyrrole nitrogens is 1. The molecule has 5 nitrogen and oxygen atoms in total. The van der Waals surface area contributed by atoms with Crippen molar-refractivity contribution in [3.8, 4) is 0 Å². The maximum absolute atomic E-state index is 11.9. The first-order valence-corrected chi connectivity index (χ1v) is 7.34. The molecule has 0 saturated carbocycles. The van der Waals surface area contributed by atoms with Gasteiger partial charge in [-0.1, -0.05) is 0 Å². The van der Waals surface area contributed by atoms with E-state index in [1.54, 1.807) is 17.5 Å². The third kappa shape index (κ3) is 2.53. The van der Waals surface area contributed by atoms with E-state index in [2.05, 4.69) is 20.5 Å². The summed E-state index contributed by atoms with van der Waals surface area (Å²) in [6.45, 7) is 1.97. The summed E-state index contributed by atoms with van der Waals surface area (Å²) >= 11 is 1.73. The zero-order valence-corrected chi connectivity index (χ0v) is 11.6. The molecule has 2 aromatic heterocycles. The zero-order valence-electron chi connectivity index (χ0n) is 10.8. The molecule has 100 valence electrons. The number of nitrogens with zero attached hydrogens (tertiary/aromatic N) is 2. The van der Waals surface area contributed by atoms with Gasteiger partial charge in [-0.15, -0.1) is 11.3 Å². The molecule has 0 spiro atoms. The number of amides is 1. The average molecular weight is 276 g/mol.